The van der Waals surface area contributed by atoms with Gasteiger partial charge in [0.25, 0.3) is 0 Å². The van der Waals surface area contributed by atoms with Crippen molar-refractivity contribution in [2.75, 3.05) is 10.6 Å². The number of anilines is 3. The zero-order valence-corrected chi connectivity index (χ0v) is 16.6. The maximum atomic E-state index is 11.6. The lowest BCUT2D eigenvalue weighted by Gasteiger charge is -2.13. The maximum absolute atomic E-state index is 11.6. The fourth-order valence-electron chi connectivity index (χ4n) is 2.40. The number of nitriles is 1. The second kappa shape index (κ2) is 7.68. The number of pyridine rings is 1. The minimum atomic E-state index is -0.305. The van der Waals surface area contributed by atoms with Crippen molar-refractivity contribution in [3.05, 3.63) is 69.8 Å². The molecule has 5 nitrogen and oxygen atoms in total. The van der Waals surface area contributed by atoms with Crippen LogP contribution < -0.4 is 10.6 Å². The molecular formula is C19H12Br2N4O. The summed E-state index contributed by atoms with van der Waals surface area (Å²) in [5.74, 6) is -0.305. The number of benzene rings is 2. The van der Waals surface area contributed by atoms with Crippen LogP contribution in [0.1, 0.15) is 5.56 Å². The highest BCUT2D eigenvalue weighted by Gasteiger charge is 2.11. The molecule has 0 spiro atoms. The minimum absolute atomic E-state index is 0.305. The number of hydrogen-bond acceptors (Lipinski definition) is 4. The highest BCUT2D eigenvalue weighted by atomic mass is 79.9. The molecule has 26 heavy (non-hydrogen) atoms. The van der Waals surface area contributed by atoms with Crippen LogP contribution in [0, 0.1) is 11.3 Å². The molecule has 7 heteroatoms. The Balaban J connectivity index is 2.12. The number of rotatable bonds is 4. The van der Waals surface area contributed by atoms with E-state index >= 15 is 0 Å². The molecule has 3 aromatic rings. The Bertz CT molecular complexity index is 1070. The molecule has 2 aromatic carbocycles. The molecule has 0 radical (unpaired) electrons. The smallest absolute Gasteiger partial charge is 0.247 e. The van der Waals surface area contributed by atoms with Gasteiger partial charge in [-0.15, -0.1) is 0 Å². The van der Waals surface area contributed by atoms with E-state index in [4.69, 9.17) is 0 Å². The first-order valence-electron chi connectivity index (χ1n) is 7.50. The zero-order chi connectivity index (χ0) is 18.7. The molecule has 0 unspecified atom stereocenters. The fourth-order valence-corrected chi connectivity index (χ4v) is 3.03. The first-order valence-corrected chi connectivity index (χ1v) is 9.09. The molecule has 0 atom stereocenters. The number of carbonyl (C=O) groups excluding carboxylic acids is 1. The summed E-state index contributed by atoms with van der Waals surface area (Å²) in [6, 6.07) is 13.2. The van der Waals surface area contributed by atoms with Gasteiger partial charge < -0.3 is 10.6 Å². The van der Waals surface area contributed by atoms with Gasteiger partial charge in [0.1, 0.15) is 6.07 Å². The number of aromatic nitrogens is 1. The molecule has 0 saturated carbocycles. The Morgan fingerprint density at radius 1 is 1.15 bits per heavy atom. The van der Waals surface area contributed by atoms with Gasteiger partial charge in [0, 0.05) is 31.9 Å². The van der Waals surface area contributed by atoms with E-state index in [1.165, 1.54) is 12.3 Å². The highest BCUT2D eigenvalue weighted by molar-refractivity contribution is 9.13. The number of fused-ring (bicyclic) bond motifs is 1. The van der Waals surface area contributed by atoms with E-state index < -0.39 is 0 Å². The molecule has 0 fully saturated rings. The van der Waals surface area contributed by atoms with E-state index in [0.717, 1.165) is 20.0 Å². The van der Waals surface area contributed by atoms with Crippen molar-refractivity contribution in [3.63, 3.8) is 0 Å². The second-order valence-electron chi connectivity index (χ2n) is 5.34. The lowest BCUT2D eigenvalue weighted by atomic mass is 10.1. The molecule has 1 amide bonds. The lowest BCUT2D eigenvalue weighted by molar-refractivity contribution is -0.111. The molecule has 0 saturated heterocycles. The summed E-state index contributed by atoms with van der Waals surface area (Å²) in [4.78, 5) is 15.9. The second-order valence-corrected chi connectivity index (χ2v) is 7.05. The molecule has 1 heterocycles. The van der Waals surface area contributed by atoms with Crippen LogP contribution in [0.3, 0.4) is 0 Å². The van der Waals surface area contributed by atoms with Crippen molar-refractivity contribution in [1.82, 2.24) is 4.98 Å². The summed E-state index contributed by atoms with van der Waals surface area (Å²) in [6.07, 6.45) is 2.73. The summed E-state index contributed by atoms with van der Waals surface area (Å²) in [7, 11) is 0. The van der Waals surface area contributed by atoms with Gasteiger partial charge in [-0.25, -0.2) is 0 Å². The summed E-state index contributed by atoms with van der Waals surface area (Å²) >= 11 is 6.91. The molecule has 0 bridgehead atoms. The summed E-state index contributed by atoms with van der Waals surface area (Å²) in [6.45, 7) is 3.45. The number of carbonyl (C=O) groups is 1. The van der Waals surface area contributed by atoms with E-state index in [1.54, 1.807) is 18.2 Å². The molecule has 3 rings (SSSR count). The van der Waals surface area contributed by atoms with Crippen LogP contribution >= 0.6 is 31.9 Å². The van der Waals surface area contributed by atoms with Crippen LogP contribution in [0.5, 0.6) is 0 Å². The van der Waals surface area contributed by atoms with Gasteiger partial charge in [0.15, 0.2) is 0 Å². The predicted molar refractivity (Wildman–Crippen MR) is 110 cm³/mol. The number of hydrogen-bond donors (Lipinski definition) is 2. The number of amides is 1. The van der Waals surface area contributed by atoms with E-state index in [2.05, 4.69) is 60.1 Å². The van der Waals surface area contributed by atoms with Crippen molar-refractivity contribution in [2.45, 2.75) is 0 Å². The largest absolute Gasteiger partial charge is 0.354 e. The van der Waals surface area contributed by atoms with Gasteiger partial charge >= 0.3 is 0 Å². The number of nitrogens with one attached hydrogen (secondary N) is 2. The molecular weight excluding hydrogens is 460 g/mol. The Morgan fingerprint density at radius 2 is 1.92 bits per heavy atom. The quantitative estimate of drug-likeness (QED) is 0.492. The van der Waals surface area contributed by atoms with Crippen LogP contribution in [-0.2, 0) is 4.79 Å². The van der Waals surface area contributed by atoms with Crippen molar-refractivity contribution >= 4 is 65.7 Å². The van der Waals surface area contributed by atoms with Crippen LogP contribution in [0.4, 0.5) is 17.1 Å². The topological polar surface area (TPSA) is 77.8 Å². The van der Waals surface area contributed by atoms with Crippen LogP contribution in [0.25, 0.3) is 10.9 Å². The predicted octanol–water partition coefficient (Wildman–Crippen LogP) is 5.50. The van der Waals surface area contributed by atoms with E-state index in [1.807, 2.05) is 18.2 Å². The van der Waals surface area contributed by atoms with Gasteiger partial charge in [-0.05, 0) is 74.3 Å². The Morgan fingerprint density at radius 3 is 2.62 bits per heavy atom. The van der Waals surface area contributed by atoms with E-state index in [9.17, 15) is 10.1 Å². The molecule has 0 aliphatic carbocycles. The third-order valence-corrected chi connectivity index (χ3v) is 5.51. The van der Waals surface area contributed by atoms with Crippen molar-refractivity contribution in [2.24, 2.45) is 0 Å². The van der Waals surface area contributed by atoms with Gasteiger partial charge in [0.05, 0.1) is 16.8 Å². The molecule has 128 valence electrons. The third kappa shape index (κ3) is 3.77. The van der Waals surface area contributed by atoms with Crippen LogP contribution in [0.15, 0.2) is 64.2 Å². The van der Waals surface area contributed by atoms with Crippen LogP contribution in [-0.4, -0.2) is 10.9 Å². The maximum Gasteiger partial charge on any atom is 0.247 e. The molecule has 0 aliphatic rings. The normalized spacial score (nSPS) is 10.2. The standard InChI is InChI=1S/C19H12Br2N4O/c1-2-18(26)24-12-4-6-17-14(7-12)19(11(9-22)10-23-17)25-13-3-5-15(20)16(21)8-13/h2-8,10H,1H2,(H,23,25)(H,24,26). The van der Waals surface area contributed by atoms with E-state index in [0.29, 0.717) is 22.5 Å². The van der Waals surface area contributed by atoms with Gasteiger partial charge in [0.2, 0.25) is 5.91 Å². The number of halogens is 2. The van der Waals surface area contributed by atoms with Crippen molar-refractivity contribution in [3.8, 4) is 6.07 Å². The monoisotopic (exact) mass is 470 g/mol. The summed E-state index contributed by atoms with van der Waals surface area (Å²) < 4.78 is 1.82. The average molecular weight is 472 g/mol. The van der Waals surface area contributed by atoms with Crippen LogP contribution in [0.2, 0.25) is 0 Å². The number of nitrogens with zero attached hydrogens (tertiary/aromatic N) is 2. The first-order chi connectivity index (χ1) is 12.5. The van der Waals surface area contributed by atoms with Crippen molar-refractivity contribution in [1.29, 1.82) is 5.26 Å². The zero-order valence-electron chi connectivity index (χ0n) is 13.4. The Hall–Kier alpha value is -2.69. The lowest BCUT2D eigenvalue weighted by Crippen LogP contribution is -2.07. The molecule has 0 aliphatic heterocycles. The summed E-state index contributed by atoms with van der Waals surface area (Å²) in [5.41, 5.74) is 3.15. The summed E-state index contributed by atoms with van der Waals surface area (Å²) in [5, 5.41) is 16.2. The SMILES string of the molecule is C=CC(=O)Nc1ccc2ncc(C#N)c(Nc3ccc(Br)c(Br)c3)c2c1. The van der Waals surface area contributed by atoms with Crippen molar-refractivity contribution < 1.29 is 4.79 Å². The first kappa shape index (κ1) is 18.1. The molecule has 1 aromatic heterocycles. The van der Waals surface area contributed by atoms with Gasteiger partial charge in [-0.3, -0.25) is 9.78 Å². The Labute approximate surface area is 167 Å². The van der Waals surface area contributed by atoms with Gasteiger partial charge in [-0.1, -0.05) is 6.58 Å². The third-order valence-electron chi connectivity index (χ3n) is 3.63. The molecule has 2 N–H and O–H groups in total. The highest BCUT2D eigenvalue weighted by Crippen LogP contribution is 2.33. The fraction of sp³-hybridized carbons (Fsp3) is 0. The minimum Gasteiger partial charge on any atom is -0.354 e. The average Bonchev–Trinajstić information content (AvgIpc) is 2.65. The Kier molecular flexibility index (Phi) is 5.35. The van der Waals surface area contributed by atoms with Gasteiger partial charge in [-0.2, -0.15) is 5.26 Å². The van der Waals surface area contributed by atoms with E-state index in [-0.39, 0.29) is 5.91 Å².